The Morgan fingerprint density at radius 2 is 2.06 bits per heavy atom. The number of rotatable bonds is 3. The topological polar surface area (TPSA) is 89.3 Å². The number of aryl methyl sites for hydroxylation is 1. The highest BCUT2D eigenvalue weighted by Gasteiger charge is 2.20. The van der Waals surface area contributed by atoms with Gasteiger partial charge in [-0.3, -0.25) is 4.79 Å². The van der Waals surface area contributed by atoms with Crippen LogP contribution in [-0.4, -0.2) is 27.1 Å². The van der Waals surface area contributed by atoms with Gasteiger partial charge in [-0.2, -0.15) is 0 Å². The standard InChI is InChI=1S/C10H14N2O3S/c1-7-3-4-9(8(11)5-7)16(14,15)6-10(13)12-2/h3-5H,6,11H2,1-2H3,(H,12,13). The zero-order valence-corrected chi connectivity index (χ0v) is 9.97. The van der Waals surface area contributed by atoms with Crippen LogP contribution >= 0.6 is 0 Å². The molecular weight excluding hydrogens is 228 g/mol. The monoisotopic (exact) mass is 242 g/mol. The second-order valence-corrected chi connectivity index (χ2v) is 5.43. The van der Waals surface area contributed by atoms with Crippen LogP contribution in [0.4, 0.5) is 5.69 Å². The van der Waals surface area contributed by atoms with Gasteiger partial charge in [0.2, 0.25) is 5.91 Å². The molecule has 0 fully saturated rings. The van der Waals surface area contributed by atoms with Gasteiger partial charge >= 0.3 is 0 Å². The van der Waals surface area contributed by atoms with Gasteiger partial charge in [-0.15, -0.1) is 0 Å². The van der Waals surface area contributed by atoms with E-state index in [9.17, 15) is 13.2 Å². The molecule has 6 heteroatoms. The first-order valence-corrected chi connectivity index (χ1v) is 6.31. The summed E-state index contributed by atoms with van der Waals surface area (Å²) in [6, 6.07) is 4.63. The minimum atomic E-state index is -3.66. The van der Waals surface area contributed by atoms with E-state index >= 15 is 0 Å². The molecule has 0 spiro atoms. The third-order valence-corrected chi connectivity index (χ3v) is 3.78. The van der Waals surface area contributed by atoms with Crippen molar-refractivity contribution in [3.63, 3.8) is 0 Å². The molecule has 3 N–H and O–H groups in total. The summed E-state index contributed by atoms with van der Waals surface area (Å²) in [7, 11) is -2.27. The molecule has 0 aliphatic carbocycles. The highest BCUT2D eigenvalue weighted by molar-refractivity contribution is 7.92. The first-order valence-electron chi connectivity index (χ1n) is 4.66. The summed E-state index contributed by atoms with van der Waals surface area (Å²) in [4.78, 5) is 11.0. The summed E-state index contributed by atoms with van der Waals surface area (Å²) in [6.07, 6.45) is 0. The Kier molecular flexibility index (Phi) is 3.54. The van der Waals surface area contributed by atoms with Gasteiger partial charge in [0.15, 0.2) is 9.84 Å². The maximum atomic E-state index is 11.8. The van der Waals surface area contributed by atoms with Crippen LogP contribution in [-0.2, 0) is 14.6 Å². The van der Waals surface area contributed by atoms with E-state index in [1.807, 2.05) is 6.92 Å². The van der Waals surface area contributed by atoms with Gasteiger partial charge in [0, 0.05) is 7.05 Å². The van der Waals surface area contributed by atoms with Crippen molar-refractivity contribution in [2.75, 3.05) is 18.5 Å². The number of hydrogen-bond acceptors (Lipinski definition) is 4. The summed E-state index contributed by atoms with van der Waals surface area (Å²) in [5.74, 6) is -1.14. The average molecular weight is 242 g/mol. The van der Waals surface area contributed by atoms with E-state index in [4.69, 9.17) is 5.73 Å². The molecule has 1 amide bonds. The second-order valence-electron chi connectivity index (χ2n) is 3.47. The third-order valence-electron chi connectivity index (χ3n) is 2.10. The van der Waals surface area contributed by atoms with Crippen molar-refractivity contribution in [2.24, 2.45) is 0 Å². The lowest BCUT2D eigenvalue weighted by atomic mass is 10.2. The Morgan fingerprint density at radius 3 is 2.56 bits per heavy atom. The van der Waals surface area contributed by atoms with Gasteiger partial charge in [-0.1, -0.05) is 6.07 Å². The van der Waals surface area contributed by atoms with E-state index in [0.29, 0.717) is 0 Å². The molecule has 0 bridgehead atoms. The molecule has 0 aliphatic heterocycles. The molecule has 0 atom stereocenters. The van der Waals surface area contributed by atoms with Crippen LogP contribution in [0.3, 0.4) is 0 Å². The molecule has 16 heavy (non-hydrogen) atoms. The summed E-state index contributed by atoms with van der Waals surface area (Å²) >= 11 is 0. The lowest BCUT2D eigenvalue weighted by molar-refractivity contribution is -0.118. The van der Waals surface area contributed by atoms with E-state index in [2.05, 4.69) is 5.32 Å². The highest BCUT2D eigenvalue weighted by Crippen LogP contribution is 2.20. The normalized spacial score (nSPS) is 11.1. The Bertz CT molecular complexity index is 509. The number of anilines is 1. The zero-order chi connectivity index (χ0) is 12.3. The van der Waals surface area contributed by atoms with Crippen molar-refractivity contribution in [3.8, 4) is 0 Å². The van der Waals surface area contributed by atoms with Crippen LogP contribution < -0.4 is 11.1 Å². The number of amides is 1. The molecular formula is C10H14N2O3S. The Hall–Kier alpha value is -1.56. The van der Waals surface area contributed by atoms with Gasteiger partial charge in [0.1, 0.15) is 5.75 Å². The van der Waals surface area contributed by atoms with Crippen molar-refractivity contribution < 1.29 is 13.2 Å². The van der Waals surface area contributed by atoms with Crippen LogP contribution in [0, 0.1) is 6.92 Å². The quantitative estimate of drug-likeness (QED) is 0.735. The fourth-order valence-corrected chi connectivity index (χ4v) is 2.61. The number of carbonyl (C=O) groups is 1. The van der Waals surface area contributed by atoms with Crippen molar-refractivity contribution in [3.05, 3.63) is 23.8 Å². The van der Waals surface area contributed by atoms with E-state index in [1.165, 1.54) is 13.1 Å². The lowest BCUT2D eigenvalue weighted by Crippen LogP contribution is -2.27. The minimum Gasteiger partial charge on any atom is -0.398 e. The maximum absolute atomic E-state index is 11.8. The van der Waals surface area contributed by atoms with Gasteiger partial charge in [0.05, 0.1) is 10.6 Å². The Labute approximate surface area is 94.6 Å². The molecule has 0 aliphatic rings. The second kappa shape index (κ2) is 4.52. The molecule has 0 saturated heterocycles. The summed E-state index contributed by atoms with van der Waals surface area (Å²) in [5, 5.41) is 2.26. The average Bonchev–Trinajstić information content (AvgIpc) is 2.16. The van der Waals surface area contributed by atoms with Crippen LogP contribution in [0.25, 0.3) is 0 Å². The highest BCUT2D eigenvalue weighted by atomic mass is 32.2. The summed E-state index contributed by atoms with van der Waals surface area (Å²) in [5.41, 5.74) is 6.66. The lowest BCUT2D eigenvalue weighted by Gasteiger charge is -2.07. The minimum absolute atomic E-state index is 0.00157. The van der Waals surface area contributed by atoms with Gasteiger partial charge < -0.3 is 11.1 Å². The third kappa shape index (κ3) is 2.73. The van der Waals surface area contributed by atoms with Gasteiger partial charge in [0.25, 0.3) is 0 Å². The van der Waals surface area contributed by atoms with Crippen LogP contribution in [0.2, 0.25) is 0 Å². The van der Waals surface area contributed by atoms with Crippen LogP contribution in [0.5, 0.6) is 0 Å². The van der Waals surface area contributed by atoms with Crippen LogP contribution in [0.15, 0.2) is 23.1 Å². The number of nitrogens with one attached hydrogen (secondary N) is 1. The molecule has 1 aromatic carbocycles. The predicted molar refractivity (Wildman–Crippen MR) is 61.7 cm³/mol. The molecule has 0 saturated carbocycles. The number of nitrogen functional groups attached to an aromatic ring is 1. The molecule has 0 radical (unpaired) electrons. The Balaban J connectivity index is 3.13. The van der Waals surface area contributed by atoms with Crippen molar-refractivity contribution in [2.45, 2.75) is 11.8 Å². The molecule has 0 heterocycles. The predicted octanol–water partition coefficient (Wildman–Crippen LogP) is 0.0969. The molecule has 5 nitrogen and oxygen atoms in total. The molecule has 88 valence electrons. The summed E-state index contributed by atoms with van der Waals surface area (Å²) < 4.78 is 23.6. The maximum Gasteiger partial charge on any atom is 0.235 e. The fraction of sp³-hybridized carbons (Fsp3) is 0.300. The van der Waals surface area contributed by atoms with E-state index < -0.39 is 21.5 Å². The Morgan fingerprint density at radius 1 is 1.44 bits per heavy atom. The number of carbonyl (C=O) groups excluding carboxylic acids is 1. The zero-order valence-electron chi connectivity index (χ0n) is 9.15. The van der Waals surface area contributed by atoms with Crippen LogP contribution in [0.1, 0.15) is 5.56 Å². The van der Waals surface area contributed by atoms with Crippen molar-refractivity contribution in [1.29, 1.82) is 0 Å². The van der Waals surface area contributed by atoms with Crippen molar-refractivity contribution >= 4 is 21.4 Å². The molecule has 1 rings (SSSR count). The number of nitrogens with two attached hydrogens (primary N) is 1. The largest absolute Gasteiger partial charge is 0.398 e. The van der Waals surface area contributed by atoms with Gasteiger partial charge in [-0.25, -0.2) is 8.42 Å². The molecule has 0 unspecified atom stereocenters. The number of hydrogen-bond donors (Lipinski definition) is 2. The number of benzene rings is 1. The molecule has 1 aromatic rings. The van der Waals surface area contributed by atoms with Crippen molar-refractivity contribution in [1.82, 2.24) is 5.32 Å². The SMILES string of the molecule is CNC(=O)CS(=O)(=O)c1ccc(C)cc1N. The van der Waals surface area contributed by atoms with Gasteiger partial charge in [-0.05, 0) is 24.6 Å². The van der Waals surface area contributed by atoms with E-state index in [1.54, 1.807) is 12.1 Å². The molecule has 0 aromatic heterocycles. The summed E-state index contributed by atoms with van der Waals surface area (Å²) in [6.45, 7) is 1.81. The van der Waals surface area contributed by atoms with E-state index in [0.717, 1.165) is 5.56 Å². The first kappa shape index (κ1) is 12.5. The smallest absolute Gasteiger partial charge is 0.235 e. The van der Waals surface area contributed by atoms with E-state index in [-0.39, 0.29) is 10.6 Å². The first-order chi connectivity index (χ1) is 7.36. The number of sulfone groups is 1. The fourth-order valence-electron chi connectivity index (χ4n) is 1.27.